The van der Waals surface area contributed by atoms with Crippen molar-refractivity contribution >= 4 is 36.0 Å². The van der Waals surface area contributed by atoms with E-state index >= 15 is 0 Å². The second-order valence-electron chi connectivity index (χ2n) is 6.59. The fourth-order valence-electron chi connectivity index (χ4n) is 2.04. The molecule has 8 heteroatoms. The Morgan fingerprint density at radius 1 is 1.22 bits per heavy atom. The maximum atomic E-state index is 12.0. The summed E-state index contributed by atoms with van der Waals surface area (Å²) < 4.78 is 5.38. The van der Waals surface area contributed by atoms with Crippen LogP contribution in [0.2, 0.25) is 0 Å². The van der Waals surface area contributed by atoms with Crippen molar-refractivity contribution in [1.82, 2.24) is 14.7 Å². The molecule has 0 bridgehead atoms. The van der Waals surface area contributed by atoms with Crippen LogP contribution >= 0.6 is 24.0 Å². The van der Waals surface area contributed by atoms with Crippen LogP contribution < -0.4 is 5.73 Å². The van der Waals surface area contributed by atoms with Gasteiger partial charge in [0.2, 0.25) is 0 Å². The molecular weight excluding hydrogens is 409 g/mol. The Kier molecular flexibility index (Phi) is 9.83. The van der Waals surface area contributed by atoms with Crippen LogP contribution in [0.1, 0.15) is 27.7 Å². The van der Waals surface area contributed by atoms with E-state index in [1.807, 2.05) is 25.7 Å². The van der Waals surface area contributed by atoms with Crippen LogP contribution in [0.3, 0.4) is 0 Å². The molecule has 0 spiro atoms. The molecule has 136 valence electrons. The molecule has 1 amide bonds. The average Bonchev–Trinajstić information content (AvgIpc) is 2.45. The average molecular weight is 441 g/mol. The number of aliphatic imine (C=N–C) groups is 1. The highest BCUT2D eigenvalue weighted by Gasteiger charge is 2.26. The van der Waals surface area contributed by atoms with Gasteiger partial charge in [-0.05, 0) is 34.4 Å². The Morgan fingerprint density at radius 2 is 1.74 bits per heavy atom. The number of hydrogen-bond acceptors (Lipinski definition) is 4. The normalized spacial score (nSPS) is 16.3. The van der Waals surface area contributed by atoms with Gasteiger partial charge in [0.25, 0.3) is 0 Å². The lowest BCUT2D eigenvalue weighted by Crippen LogP contribution is -2.53. The van der Waals surface area contributed by atoms with Crippen LogP contribution in [0.15, 0.2) is 4.99 Å². The number of amides is 1. The molecule has 2 N–H and O–H groups in total. The lowest BCUT2D eigenvalue weighted by atomic mass is 10.2. The SMILES string of the molecule is CCN(C)CCN=C(N)N1CCN(C(=O)OC(C)(C)C)CC1.I. The molecule has 0 atom stereocenters. The molecule has 0 saturated carbocycles. The van der Waals surface area contributed by atoms with Crippen molar-refractivity contribution in [3.8, 4) is 0 Å². The number of rotatable bonds is 4. The molecule has 1 fully saturated rings. The molecule has 0 aromatic heterocycles. The quantitative estimate of drug-likeness (QED) is 0.406. The number of halogens is 1. The molecule has 23 heavy (non-hydrogen) atoms. The van der Waals surface area contributed by atoms with Crippen molar-refractivity contribution in [1.29, 1.82) is 0 Å². The molecule has 1 heterocycles. The minimum absolute atomic E-state index is 0. The topological polar surface area (TPSA) is 74.4 Å². The summed E-state index contributed by atoms with van der Waals surface area (Å²) in [6.45, 7) is 12.9. The molecule has 0 aromatic rings. The largest absolute Gasteiger partial charge is 0.444 e. The lowest BCUT2D eigenvalue weighted by Gasteiger charge is -2.36. The molecule has 7 nitrogen and oxygen atoms in total. The summed E-state index contributed by atoms with van der Waals surface area (Å²) >= 11 is 0. The molecule has 1 rings (SSSR count). The van der Waals surface area contributed by atoms with Crippen molar-refractivity contribution in [2.24, 2.45) is 10.7 Å². The molecule has 1 aliphatic rings. The first-order chi connectivity index (χ1) is 10.2. The van der Waals surface area contributed by atoms with Crippen LogP contribution in [-0.4, -0.2) is 85.2 Å². The smallest absolute Gasteiger partial charge is 0.410 e. The fourth-order valence-corrected chi connectivity index (χ4v) is 2.04. The van der Waals surface area contributed by atoms with Crippen molar-refractivity contribution in [2.45, 2.75) is 33.3 Å². The minimum Gasteiger partial charge on any atom is -0.444 e. The third-order valence-electron chi connectivity index (χ3n) is 3.55. The zero-order chi connectivity index (χ0) is 16.8. The van der Waals surface area contributed by atoms with Crippen LogP contribution in [0, 0.1) is 0 Å². The first-order valence-corrected chi connectivity index (χ1v) is 7.94. The van der Waals surface area contributed by atoms with Crippen LogP contribution in [-0.2, 0) is 4.74 Å². The highest BCUT2D eigenvalue weighted by molar-refractivity contribution is 14.0. The second-order valence-corrected chi connectivity index (χ2v) is 6.59. The van der Waals surface area contributed by atoms with Crippen molar-refractivity contribution < 1.29 is 9.53 Å². The Hall–Kier alpha value is -0.770. The number of piperazine rings is 1. The highest BCUT2D eigenvalue weighted by Crippen LogP contribution is 2.11. The summed E-state index contributed by atoms with van der Waals surface area (Å²) in [5.74, 6) is 0.563. The molecule has 1 aliphatic heterocycles. The maximum Gasteiger partial charge on any atom is 0.410 e. The van der Waals surface area contributed by atoms with Crippen molar-refractivity contribution in [3.63, 3.8) is 0 Å². The van der Waals surface area contributed by atoms with Gasteiger partial charge in [-0.3, -0.25) is 4.99 Å². The van der Waals surface area contributed by atoms with E-state index in [4.69, 9.17) is 10.5 Å². The Balaban J connectivity index is 0.00000484. The van der Waals surface area contributed by atoms with Crippen LogP contribution in [0.25, 0.3) is 0 Å². The maximum absolute atomic E-state index is 12.0. The summed E-state index contributed by atoms with van der Waals surface area (Å²) in [5.41, 5.74) is 5.56. The van der Waals surface area contributed by atoms with Gasteiger partial charge in [0.05, 0.1) is 6.54 Å². The van der Waals surface area contributed by atoms with E-state index in [9.17, 15) is 4.79 Å². The van der Waals surface area contributed by atoms with Crippen LogP contribution in [0.4, 0.5) is 4.79 Å². The number of hydrogen-bond donors (Lipinski definition) is 1. The number of nitrogens with two attached hydrogens (primary N) is 1. The zero-order valence-electron chi connectivity index (χ0n) is 15.0. The monoisotopic (exact) mass is 441 g/mol. The molecule has 0 aromatic carbocycles. The van der Waals surface area contributed by atoms with E-state index in [-0.39, 0.29) is 30.1 Å². The molecule has 0 radical (unpaired) electrons. The van der Waals surface area contributed by atoms with E-state index in [2.05, 4.69) is 23.9 Å². The zero-order valence-corrected chi connectivity index (χ0v) is 17.4. The third kappa shape index (κ3) is 8.59. The molecule has 1 saturated heterocycles. The number of nitrogens with zero attached hydrogens (tertiary/aromatic N) is 4. The van der Waals surface area contributed by atoms with Gasteiger partial charge in [0.15, 0.2) is 5.96 Å². The lowest BCUT2D eigenvalue weighted by molar-refractivity contribution is 0.0186. The van der Waals surface area contributed by atoms with Crippen LogP contribution in [0.5, 0.6) is 0 Å². The highest BCUT2D eigenvalue weighted by atomic mass is 127. The van der Waals surface area contributed by atoms with E-state index in [0.29, 0.717) is 38.7 Å². The number of guanidine groups is 1. The third-order valence-corrected chi connectivity index (χ3v) is 3.55. The predicted octanol–water partition coefficient (Wildman–Crippen LogP) is 1.42. The molecular formula is C15H32IN5O2. The van der Waals surface area contributed by atoms with Gasteiger partial charge in [-0.2, -0.15) is 0 Å². The predicted molar refractivity (Wildman–Crippen MR) is 104 cm³/mol. The molecule has 0 unspecified atom stereocenters. The number of carbonyl (C=O) groups excluding carboxylic acids is 1. The van der Waals surface area contributed by atoms with Gasteiger partial charge in [0, 0.05) is 32.7 Å². The van der Waals surface area contributed by atoms with Gasteiger partial charge in [-0.25, -0.2) is 4.79 Å². The number of ether oxygens (including phenoxy) is 1. The van der Waals surface area contributed by atoms with Gasteiger partial charge < -0.3 is 25.2 Å². The Bertz CT molecular complexity index is 390. The fraction of sp³-hybridized carbons (Fsp3) is 0.867. The van der Waals surface area contributed by atoms with Gasteiger partial charge in [-0.15, -0.1) is 24.0 Å². The van der Waals surface area contributed by atoms with E-state index in [1.54, 1.807) is 4.90 Å². The standard InChI is InChI=1S/C15H31N5O2.HI/c1-6-18(5)8-7-17-13(16)19-9-11-20(12-10-19)14(21)22-15(2,3)4;/h6-12H2,1-5H3,(H2,16,17);1H. The Morgan fingerprint density at radius 3 is 2.22 bits per heavy atom. The van der Waals surface area contributed by atoms with E-state index in [0.717, 1.165) is 13.1 Å². The summed E-state index contributed by atoms with van der Waals surface area (Å²) in [7, 11) is 2.06. The van der Waals surface area contributed by atoms with Gasteiger partial charge in [-0.1, -0.05) is 6.92 Å². The number of likely N-dealkylation sites (N-methyl/N-ethyl adjacent to an activating group) is 1. The van der Waals surface area contributed by atoms with Gasteiger partial charge >= 0.3 is 6.09 Å². The summed E-state index contributed by atoms with van der Waals surface area (Å²) in [4.78, 5) is 22.3. The van der Waals surface area contributed by atoms with Gasteiger partial charge in [0.1, 0.15) is 5.60 Å². The Labute approximate surface area is 157 Å². The summed E-state index contributed by atoms with van der Waals surface area (Å²) in [5, 5.41) is 0. The van der Waals surface area contributed by atoms with Crippen molar-refractivity contribution in [3.05, 3.63) is 0 Å². The minimum atomic E-state index is -0.458. The van der Waals surface area contributed by atoms with E-state index < -0.39 is 5.60 Å². The first-order valence-electron chi connectivity index (χ1n) is 7.94. The summed E-state index contributed by atoms with van der Waals surface area (Å²) in [6.07, 6.45) is -0.257. The number of carbonyl (C=O) groups is 1. The van der Waals surface area contributed by atoms with Crippen molar-refractivity contribution in [2.75, 3.05) is 52.9 Å². The first kappa shape index (κ1) is 22.2. The van der Waals surface area contributed by atoms with E-state index in [1.165, 1.54) is 0 Å². The molecule has 0 aliphatic carbocycles. The summed E-state index contributed by atoms with van der Waals surface area (Å²) in [6, 6.07) is 0. The second kappa shape index (κ2) is 10.2.